The van der Waals surface area contributed by atoms with E-state index in [1.54, 1.807) is 18.3 Å². The number of nitrogens with zero attached hydrogens (tertiary/aromatic N) is 3. The van der Waals surface area contributed by atoms with Crippen LogP contribution >= 0.6 is 0 Å². The standard InChI is InChI=1S/C24H23N3O3/c1-17-8-5-6-11-20(17)22(18-9-3-2-4-10-18)30-15-19(28)14-27-16-26-23-21(24(27)29)12-7-13-25-23/h2-13,16,19,22,28H,14-15H2,1H3/t19-,22+/m1/s1. The fraction of sp³-hybridized carbons (Fsp3) is 0.208. The third-order valence-corrected chi connectivity index (χ3v) is 5.03. The molecule has 0 aliphatic heterocycles. The summed E-state index contributed by atoms with van der Waals surface area (Å²) in [4.78, 5) is 20.9. The van der Waals surface area contributed by atoms with Crippen LogP contribution in [0.2, 0.25) is 0 Å². The van der Waals surface area contributed by atoms with E-state index < -0.39 is 6.10 Å². The zero-order valence-electron chi connectivity index (χ0n) is 16.7. The van der Waals surface area contributed by atoms with Gasteiger partial charge in [-0.25, -0.2) is 9.97 Å². The Bertz CT molecular complexity index is 1190. The van der Waals surface area contributed by atoms with E-state index in [4.69, 9.17) is 4.74 Å². The van der Waals surface area contributed by atoms with Crippen LogP contribution in [0, 0.1) is 6.92 Å². The molecular formula is C24H23N3O3. The van der Waals surface area contributed by atoms with Crippen molar-refractivity contribution in [2.45, 2.75) is 25.7 Å². The van der Waals surface area contributed by atoms with Crippen LogP contribution in [-0.4, -0.2) is 32.4 Å². The topological polar surface area (TPSA) is 77.2 Å². The third-order valence-electron chi connectivity index (χ3n) is 5.03. The zero-order chi connectivity index (χ0) is 20.9. The number of fused-ring (bicyclic) bond motifs is 1. The van der Waals surface area contributed by atoms with Gasteiger partial charge in [0.1, 0.15) is 12.4 Å². The number of hydrogen-bond acceptors (Lipinski definition) is 5. The van der Waals surface area contributed by atoms with Crippen molar-refractivity contribution in [3.05, 3.63) is 106 Å². The molecule has 0 saturated carbocycles. The van der Waals surface area contributed by atoms with Gasteiger partial charge in [0.05, 0.1) is 24.6 Å². The summed E-state index contributed by atoms with van der Waals surface area (Å²) in [6, 6.07) is 21.3. The van der Waals surface area contributed by atoms with E-state index in [1.165, 1.54) is 10.9 Å². The first-order valence-corrected chi connectivity index (χ1v) is 9.84. The Morgan fingerprint density at radius 1 is 1.00 bits per heavy atom. The Kier molecular flexibility index (Phi) is 5.97. The first kappa shape index (κ1) is 19.9. The van der Waals surface area contributed by atoms with Crippen molar-refractivity contribution < 1.29 is 9.84 Å². The number of benzene rings is 2. The van der Waals surface area contributed by atoms with Gasteiger partial charge in [-0.15, -0.1) is 0 Å². The van der Waals surface area contributed by atoms with Crippen LogP contribution in [-0.2, 0) is 11.3 Å². The van der Waals surface area contributed by atoms with Gasteiger partial charge in [-0.1, -0.05) is 54.6 Å². The van der Waals surface area contributed by atoms with Gasteiger partial charge in [-0.3, -0.25) is 9.36 Å². The highest BCUT2D eigenvalue weighted by atomic mass is 16.5. The summed E-state index contributed by atoms with van der Waals surface area (Å²) in [5, 5.41) is 11.0. The van der Waals surface area contributed by atoms with Gasteiger partial charge in [-0.2, -0.15) is 0 Å². The van der Waals surface area contributed by atoms with Gasteiger partial charge in [0.2, 0.25) is 0 Å². The number of aliphatic hydroxyl groups excluding tert-OH is 1. The molecule has 0 unspecified atom stereocenters. The minimum atomic E-state index is -0.867. The van der Waals surface area contributed by atoms with E-state index in [0.29, 0.717) is 11.0 Å². The summed E-state index contributed by atoms with van der Waals surface area (Å²) in [7, 11) is 0. The molecule has 2 aromatic heterocycles. The molecule has 152 valence electrons. The maximum absolute atomic E-state index is 12.6. The van der Waals surface area contributed by atoms with Gasteiger partial charge in [0, 0.05) is 6.20 Å². The van der Waals surface area contributed by atoms with E-state index in [2.05, 4.69) is 9.97 Å². The first-order valence-electron chi connectivity index (χ1n) is 9.84. The van der Waals surface area contributed by atoms with Crippen LogP contribution < -0.4 is 5.56 Å². The lowest BCUT2D eigenvalue weighted by molar-refractivity contribution is -0.00119. The minimum absolute atomic E-state index is 0.0748. The SMILES string of the molecule is Cc1ccccc1[C@@H](OC[C@H](O)Cn1cnc2ncccc2c1=O)c1ccccc1. The van der Waals surface area contributed by atoms with Crippen molar-refractivity contribution >= 4 is 11.0 Å². The quantitative estimate of drug-likeness (QED) is 0.514. The van der Waals surface area contributed by atoms with Crippen LogP contribution in [0.3, 0.4) is 0 Å². The van der Waals surface area contributed by atoms with Crippen molar-refractivity contribution in [2.75, 3.05) is 6.61 Å². The van der Waals surface area contributed by atoms with Crippen molar-refractivity contribution in [1.29, 1.82) is 0 Å². The normalized spacial score (nSPS) is 13.3. The molecule has 0 fully saturated rings. The van der Waals surface area contributed by atoms with Crippen LogP contribution in [0.4, 0.5) is 0 Å². The number of rotatable bonds is 7. The molecule has 30 heavy (non-hydrogen) atoms. The molecule has 1 N–H and O–H groups in total. The van der Waals surface area contributed by atoms with Crippen LogP contribution in [0.25, 0.3) is 11.0 Å². The van der Waals surface area contributed by atoms with Crippen molar-refractivity contribution in [3.63, 3.8) is 0 Å². The Morgan fingerprint density at radius 3 is 2.57 bits per heavy atom. The van der Waals surface area contributed by atoms with Gasteiger partial charge >= 0.3 is 0 Å². The second kappa shape index (κ2) is 8.98. The van der Waals surface area contributed by atoms with Gasteiger partial charge < -0.3 is 9.84 Å². The predicted octanol–water partition coefficient (Wildman–Crippen LogP) is 3.27. The predicted molar refractivity (Wildman–Crippen MR) is 115 cm³/mol. The molecule has 0 saturated heterocycles. The molecule has 2 heterocycles. The van der Waals surface area contributed by atoms with E-state index in [-0.39, 0.29) is 24.8 Å². The van der Waals surface area contributed by atoms with Crippen molar-refractivity contribution in [1.82, 2.24) is 14.5 Å². The second-order valence-electron chi connectivity index (χ2n) is 7.21. The average molecular weight is 401 g/mol. The summed E-state index contributed by atoms with van der Waals surface area (Å²) >= 11 is 0. The fourth-order valence-electron chi connectivity index (χ4n) is 3.49. The summed E-state index contributed by atoms with van der Waals surface area (Å²) < 4.78 is 7.55. The maximum Gasteiger partial charge on any atom is 0.262 e. The maximum atomic E-state index is 12.6. The molecular weight excluding hydrogens is 378 g/mol. The number of aliphatic hydroxyl groups is 1. The highest BCUT2D eigenvalue weighted by Gasteiger charge is 2.19. The summed E-state index contributed by atoms with van der Waals surface area (Å²) in [6.45, 7) is 2.21. The zero-order valence-corrected chi connectivity index (χ0v) is 16.7. The molecule has 0 bridgehead atoms. The van der Waals surface area contributed by atoms with Crippen molar-refractivity contribution in [2.24, 2.45) is 0 Å². The first-order chi connectivity index (χ1) is 14.6. The number of ether oxygens (including phenoxy) is 1. The number of pyridine rings is 1. The van der Waals surface area contributed by atoms with Gasteiger partial charge in [0.25, 0.3) is 5.56 Å². The molecule has 2 aromatic carbocycles. The Labute approximate surface area is 174 Å². The highest BCUT2D eigenvalue weighted by molar-refractivity contribution is 5.72. The van der Waals surface area contributed by atoms with E-state index in [1.807, 2.05) is 61.5 Å². The summed E-state index contributed by atoms with van der Waals surface area (Å²) in [5.41, 5.74) is 3.34. The van der Waals surface area contributed by atoms with Gasteiger partial charge in [-0.05, 0) is 35.7 Å². The fourth-order valence-corrected chi connectivity index (χ4v) is 3.49. The Hall–Kier alpha value is -3.35. The number of aromatic nitrogens is 3. The van der Waals surface area contributed by atoms with Crippen molar-refractivity contribution in [3.8, 4) is 0 Å². The largest absolute Gasteiger partial charge is 0.389 e. The molecule has 6 nitrogen and oxygen atoms in total. The molecule has 4 aromatic rings. The lowest BCUT2D eigenvalue weighted by Gasteiger charge is -2.22. The lowest BCUT2D eigenvalue weighted by atomic mass is 9.97. The minimum Gasteiger partial charge on any atom is -0.389 e. The molecule has 6 heteroatoms. The smallest absolute Gasteiger partial charge is 0.262 e. The van der Waals surface area contributed by atoms with E-state index in [9.17, 15) is 9.90 Å². The third kappa shape index (κ3) is 4.30. The second-order valence-corrected chi connectivity index (χ2v) is 7.21. The summed E-state index contributed by atoms with van der Waals surface area (Å²) in [5.74, 6) is 0. The van der Waals surface area contributed by atoms with Crippen LogP contribution in [0.5, 0.6) is 0 Å². The Balaban J connectivity index is 1.52. The molecule has 2 atom stereocenters. The number of aryl methyl sites for hydroxylation is 1. The molecule has 0 aliphatic rings. The molecule has 0 spiro atoms. The Morgan fingerprint density at radius 2 is 1.77 bits per heavy atom. The summed E-state index contributed by atoms with van der Waals surface area (Å²) in [6.07, 6.45) is 1.83. The monoisotopic (exact) mass is 401 g/mol. The molecule has 0 aliphatic carbocycles. The highest BCUT2D eigenvalue weighted by Crippen LogP contribution is 2.28. The van der Waals surface area contributed by atoms with E-state index in [0.717, 1.165) is 16.7 Å². The number of hydrogen-bond donors (Lipinski definition) is 1. The molecule has 4 rings (SSSR count). The average Bonchev–Trinajstić information content (AvgIpc) is 2.78. The molecule has 0 radical (unpaired) electrons. The lowest BCUT2D eigenvalue weighted by Crippen LogP contribution is -2.30. The van der Waals surface area contributed by atoms with Crippen LogP contribution in [0.15, 0.2) is 84.0 Å². The van der Waals surface area contributed by atoms with E-state index >= 15 is 0 Å². The molecule has 0 amide bonds. The van der Waals surface area contributed by atoms with Crippen LogP contribution in [0.1, 0.15) is 22.8 Å². The van der Waals surface area contributed by atoms with Gasteiger partial charge in [0.15, 0.2) is 5.65 Å².